The fourth-order valence-corrected chi connectivity index (χ4v) is 3.12. The third kappa shape index (κ3) is 3.84. The largest absolute Gasteiger partial charge is 0.497 e. The fraction of sp³-hybridized carbons (Fsp3) is 0.150. The summed E-state index contributed by atoms with van der Waals surface area (Å²) in [5.74, 6) is 0.869. The summed E-state index contributed by atoms with van der Waals surface area (Å²) in [6.45, 7) is 0. The number of anilines is 1. The molecule has 0 radical (unpaired) electrons. The number of thiazole rings is 1. The lowest BCUT2D eigenvalue weighted by molar-refractivity contribution is 0.415. The van der Waals surface area contributed by atoms with Crippen LogP contribution < -0.4 is 9.64 Å². The predicted molar refractivity (Wildman–Crippen MR) is 104 cm³/mol. The van der Waals surface area contributed by atoms with Crippen molar-refractivity contribution in [1.82, 2.24) is 4.98 Å². The van der Waals surface area contributed by atoms with Gasteiger partial charge < -0.3 is 9.64 Å². The zero-order valence-electron chi connectivity index (χ0n) is 14.1. The summed E-state index contributed by atoms with van der Waals surface area (Å²) >= 11 is 1.69. The Bertz CT molecular complexity index is 818. The molecule has 0 saturated heterocycles. The van der Waals surface area contributed by atoms with Gasteiger partial charge in [0.15, 0.2) is 0 Å². The molecule has 0 aliphatic heterocycles. The van der Waals surface area contributed by atoms with Crippen molar-refractivity contribution in [2.24, 2.45) is 0 Å². The Labute approximate surface area is 146 Å². The van der Waals surface area contributed by atoms with Crippen LogP contribution in [0.2, 0.25) is 0 Å². The number of aromatic nitrogens is 1. The number of benzene rings is 2. The fourth-order valence-electron chi connectivity index (χ4n) is 2.29. The van der Waals surface area contributed by atoms with Crippen LogP contribution in [0.25, 0.3) is 22.7 Å². The van der Waals surface area contributed by atoms with Crippen LogP contribution >= 0.6 is 11.3 Å². The van der Waals surface area contributed by atoms with Crippen LogP contribution in [0, 0.1) is 0 Å². The van der Waals surface area contributed by atoms with Crippen molar-refractivity contribution >= 4 is 29.2 Å². The molecule has 2 aromatic carbocycles. The van der Waals surface area contributed by atoms with Gasteiger partial charge in [0.05, 0.1) is 7.11 Å². The highest BCUT2D eigenvalue weighted by atomic mass is 32.1. The van der Waals surface area contributed by atoms with Crippen molar-refractivity contribution < 1.29 is 4.74 Å². The summed E-state index contributed by atoms with van der Waals surface area (Å²) in [5.41, 5.74) is 3.48. The molecule has 0 unspecified atom stereocenters. The Kier molecular flexibility index (Phi) is 4.96. The minimum Gasteiger partial charge on any atom is -0.497 e. The number of ether oxygens (including phenoxy) is 1. The third-order valence-electron chi connectivity index (χ3n) is 3.71. The number of nitrogens with zero attached hydrogens (tertiary/aromatic N) is 2. The molecule has 0 N–H and O–H groups in total. The maximum Gasteiger partial charge on any atom is 0.123 e. The van der Waals surface area contributed by atoms with Gasteiger partial charge in [-0.2, -0.15) is 0 Å². The van der Waals surface area contributed by atoms with E-state index in [0.717, 1.165) is 26.8 Å². The first-order chi connectivity index (χ1) is 11.7. The van der Waals surface area contributed by atoms with Gasteiger partial charge in [0.25, 0.3) is 0 Å². The molecule has 4 heteroatoms. The zero-order chi connectivity index (χ0) is 16.9. The maximum absolute atomic E-state index is 5.17. The molecule has 122 valence electrons. The van der Waals surface area contributed by atoms with Crippen LogP contribution in [-0.4, -0.2) is 26.2 Å². The monoisotopic (exact) mass is 336 g/mol. The van der Waals surface area contributed by atoms with E-state index in [9.17, 15) is 0 Å². The number of methoxy groups -OCH3 is 1. The first-order valence-corrected chi connectivity index (χ1v) is 8.53. The summed E-state index contributed by atoms with van der Waals surface area (Å²) in [6.07, 6.45) is 6.10. The van der Waals surface area contributed by atoms with Crippen molar-refractivity contribution in [2.45, 2.75) is 0 Å². The molecular formula is C20H20N2OS. The van der Waals surface area contributed by atoms with Crippen molar-refractivity contribution in [3.8, 4) is 16.3 Å². The van der Waals surface area contributed by atoms with Gasteiger partial charge in [-0.25, -0.2) is 4.98 Å². The van der Waals surface area contributed by atoms with Crippen LogP contribution in [0.4, 0.5) is 5.69 Å². The first kappa shape index (κ1) is 16.3. The molecule has 0 aliphatic rings. The van der Waals surface area contributed by atoms with Gasteiger partial charge >= 0.3 is 0 Å². The smallest absolute Gasteiger partial charge is 0.123 e. The maximum atomic E-state index is 5.17. The van der Waals surface area contributed by atoms with Crippen LogP contribution in [0.15, 0.2) is 54.7 Å². The van der Waals surface area contributed by atoms with E-state index in [-0.39, 0.29) is 0 Å². The second kappa shape index (κ2) is 7.32. The summed E-state index contributed by atoms with van der Waals surface area (Å²) in [4.78, 5) is 7.76. The molecule has 0 atom stereocenters. The Hall–Kier alpha value is -2.59. The van der Waals surface area contributed by atoms with Gasteiger partial charge in [-0.15, -0.1) is 11.3 Å². The van der Waals surface area contributed by atoms with E-state index >= 15 is 0 Å². The van der Waals surface area contributed by atoms with Gasteiger partial charge in [-0.3, -0.25) is 0 Å². The quantitative estimate of drug-likeness (QED) is 0.651. The highest BCUT2D eigenvalue weighted by molar-refractivity contribution is 7.15. The van der Waals surface area contributed by atoms with E-state index < -0.39 is 0 Å². The molecule has 0 bridgehead atoms. The molecule has 0 spiro atoms. The van der Waals surface area contributed by atoms with Gasteiger partial charge in [0.1, 0.15) is 10.8 Å². The molecule has 3 nitrogen and oxygen atoms in total. The van der Waals surface area contributed by atoms with Crippen LogP contribution in [0.1, 0.15) is 10.4 Å². The average Bonchev–Trinajstić information content (AvgIpc) is 3.09. The highest BCUT2D eigenvalue weighted by Crippen LogP contribution is 2.28. The minimum atomic E-state index is 0.869. The first-order valence-electron chi connectivity index (χ1n) is 7.71. The molecule has 3 aromatic rings. The molecular weight excluding hydrogens is 316 g/mol. The highest BCUT2D eigenvalue weighted by Gasteiger charge is 2.04. The second-order valence-electron chi connectivity index (χ2n) is 5.62. The lowest BCUT2D eigenvalue weighted by atomic mass is 10.2. The van der Waals surface area contributed by atoms with Gasteiger partial charge in [0.2, 0.25) is 0 Å². The van der Waals surface area contributed by atoms with Gasteiger partial charge in [-0.1, -0.05) is 18.2 Å². The third-order valence-corrected chi connectivity index (χ3v) is 4.72. The van der Waals surface area contributed by atoms with E-state index in [0.29, 0.717) is 0 Å². The minimum absolute atomic E-state index is 0.869. The average molecular weight is 336 g/mol. The summed E-state index contributed by atoms with van der Waals surface area (Å²) < 4.78 is 5.17. The number of hydrogen-bond acceptors (Lipinski definition) is 4. The van der Waals surface area contributed by atoms with Crippen LogP contribution in [0.3, 0.4) is 0 Å². The molecule has 0 amide bonds. The van der Waals surface area contributed by atoms with E-state index in [2.05, 4.69) is 46.3 Å². The molecule has 0 aliphatic carbocycles. The van der Waals surface area contributed by atoms with Crippen molar-refractivity contribution in [3.05, 3.63) is 65.2 Å². The Morgan fingerprint density at radius 1 is 0.958 bits per heavy atom. The van der Waals surface area contributed by atoms with E-state index in [1.165, 1.54) is 5.69 Å². The number of rotatable bonds is 5. The molecule has 1 heterocycles. The van der Waals surface area contributed by atoms with Gasteiger partial charge in [0, 0.05) is 36.4 Å². The number of hydrogen-bond donors (Lipinski definition) is 0. The summed E-state index contributed by atoms with van der Waals surface area (Å²) in [5, 5.41) is 1.04. The Morgan fingerprint density at radius 3 is 2.29 bits per heavy atom. The standard InChI is InChI=1S/C20H20N2OS/c1-22(2)17-9-7-16(8-10-17)20-21-14-19(24-20)13-6-15-4-11-18(23-3)12-5-15/h4-14H,1-3H3. The summed E-state index contributed by atoms with van der Waals surface area (Å²) in [6, 6.07) is 16.5. The lowest BCUT2D eigenvalue weighted by Crippen LogP contribution is -2.07. The molecule has 0 fully saturated rings. The SMILES string of the molecule is COc1ccc(C=Cc2cnc(-c3ccc(N(C)C)cc3)s2)cc1. The Morgan fingerprint density at radius 2 is 1.67 bits per heavy atom. The van der Waals surface area contributed by atoms with Crippen molar-refractivity contribution in [3.63, 3.8) is 0 Å². The Balaban J connectivity index is 1.73. The van der Waals surface area contributed by atoms with Crippen LogP contribution in [0.5, 0.6) is 5.75 Å². The normalized spacial score (nSPS) is 11.0. The van der Waals surface area contributed by atoms with E-state index in [1.807, 2.05) is 44.6 Å². The predicted octanol–water partition coefficient (Wildman–Crippen LogP) is 5.06. The molecule has 24 heavy (non-hydrogen) atoms. The topological polar surface area (TPSA) is 25.4 Å². The van der Waals surface area contributed by atoms with Crippen LogP contribution in [-0.2, 0) is 0 Å². The summed E-state index contributed by atoms with van der Waals surface area (Å²) in [7, 11) is 5.76. The molecule has 0 saturated carbocycles. The van der Waals surface area contributed by atoms with E-state index in [1.54, 1.807) is 18.4 Å². The second-order valence-corrected chi connectivity index (χ2v) is 6.68. The molecule has 1 aromatic heterocycles. The van der Waals surface area contributed by atoms with E-state index in [4.69, 9.17) is 4.74 Å². The molecule has 3 rings (SSSR count). The van der Waals surface area contributed by atoms with Gasteiger partial charge in [-0.05, 0) is 48.0 Å². The lowest BCUT2D eigenvalue weighted by Gasteiger charge is -2.11. The zero-order valence-corrected chi connectivity index (χ0v) is 14.9. The van der Waals surface area contributed by atoms with Crippen molar-refractivity contribution in [2.75, 3.05) is 26.1 Å². The van der Waals surface area contributed by atoms with Crippen molar-refractivity contribution in [1.29, 1.82) is 0 Å².